The summed E-state index contributed by atoms with van der Waals surface area (Å²) in [7, 11) is 1.61. The van der Waals surface area contributed by atoms with Gasteiger partial charge >= 0.3 is 0 Å². The molecule has 1 unspecified atom stereocenters. The SMILES string of the molecule is COc1ccc(C(C)NC(=O)c2ccc(C)cc2O)cc1. The van der Waals surface area contributed by atoms with Gasteiger partial charge in [-0.2, -0.15) is 0 Å². The van der Waals surface area contributed by atoms with Crippen LogP contribution >= 0.6 is 0 Å². The van der Waals surface area contributed by atoms with Crippen LogP contribution in [0.1, 0.15) is 34.5 Å². The average Bonchev–Trinajstić information content (AvgIpc) is 2.47. The highest BCUT2D eigenvalue weighted by atomic mass is 16.5. The molecule has 2 aromatic rings. The van der Waals surface area contributed by atoms with Crippen LogP contribution < -0.4 is 10.1 Å². The molecule has 4 nitrogen and oxygen atoms in total. The van der Waals surface area contributed by atoms with Crippen LogP contribution in [0, 0.1) is 6.92 Å². The average molecular weight is 285 g/mol. The fourth-order valence-corrected chi connectivity index (χ4v) is 2.08. The molecular weight excluding hydrogens is 266 g/mol. The third kappa shape index (κ3) is 3.54. The van der Waals surface area contributed by atoms with Gasteiger partial charge < -0.3 is 15.2 Å². The van der Waals surface area contributed by atoms with E-state index in [1.807, 2.05) is 38.1 Å². The van der Waals surface area contributed by atoms with Crippen LogP contribution in [-0.4, -0.2) is 18.1 Å². The smallest absolute Gasteiger partial charge is 0.255 e. The molecule has 0 saturated heterocycles. The highest BCUT2D eigenvalue weighted by Crippen LogP contribution is 2.21. The maximum Gasteiger partial charge on any atom is 0.255 e. The van der Waals surface area contributed by atoms with Gasteiger partial charge in [0, 0.05) is 0 Å². The zero-order chi connectivity index (χ0) is 15.4. The van der Waals surface area contributed by atoms with Crippen molar-refractivity contribution in [2.75, 3.05) is 7.11 Å². The minimum absolute atomic E-state index is 0.00516. The van der Waals surface area contributed by atoms with E-state index in [0.29, 0.717) is 0 Å². The maximum absolute atomic E-state index is 12.2. The number of amides is 1. The lowest BCUT2D eigenvalue weighted by molar-refractivity contribution is 0.0937. The third-order valence-corrected chi connectivity index (χ3v) is 3.36. The normalized spacial score (nSPS) is 11.8. The second-order valence-corrected chi connectivity index (χ2v) is 4.99. The molecule has 4 heteroatoms. The van der Waals surface area contributed by atoms with Gasteiger partial charge in [0.25, 0.3) is 5.91 Å². The number of carbonyl (C=O) groups is 1. The van der Waals surface area contributed by atoms with Crippen LogP contribution in [0.2, 0.25) is 0 Å². The Kier molecular flexibility index (Phi) is 4.48. The van der Waals surface area contributed by atoms with E-state index in [9.17, 15) is 9.90 Å². The largest absolute Gasteiger partial charge is 0.507 e. The Morgan fingerprint density at radius 1 is 1.19 bits per heavy atom. The number of carbonyl (C=O) groups excluding carboxylic acids is 1. The first-order valence-electron chi connectivity index (χ1n) is 6.75. The summed E-state index contributed by atoms with van der Waals surface area (Å²) in [6.45, 7) is 3.76. The van der Waals surface area contributed by atoms with Crippen molar-refractivity contribution in [2.24, 2.45) is 0 Å². The van der Waals surface area contributed by atoms with Crippen molar-refractivity contribution < 1.29 is 14.6 Å². The van der Waals surface area contributed by atoms with Gasteiger partial charge in [-0.3, -0.25) is 4.79 Å². The van der Waals surface area contributed by atoms with E-state index >= 15 is 0 Å². The van der Waals surface area contributed by atoms with Gasteiger partial charge in [0.15, 0.2) is 0 Å². The topological polar surface area (TPSA) is 58.6 Å². The lowest BCUT2D eigenvalue weighted by Gasteiger charge is -2.15. The summed E-state index contributed by atoms with van der Waals surface area (Å²) in [6.07, 6.45) is 0. The number of hydrogen-bond donors (Lipinski definition) is 2. The quantitative estimate of drug-likeness (QED) is 0.907. The van der Waals surface area contributed by atoms with Crippen LogP contribution in [0.4, 0.5) is 0 Å². The Balaban J connectivity index is 2.10. The van der Waals surface area contributed by atoms with Gasteiger partial charge in [-0.15, -0.1) is 0 Å². The van der Waals surface area contributed by atoms with Gasteiger partial charge in [0.2, 0.25) is 0 Å². The number of phenolic OH excluding ortho intramolecular Hbond substituents is 1. The summed E-state index contributed by atoms with van der Waals surface area (Å²) in [5.41, 5.74) is 2.16. The molecule has 1 amide bonds. The summed E-state index contributed by atoms with van der Waals surface area (Å²) in [6, 6.07) is 12.3. The molecule has 2 rings (SSSR count). The summed E-state index contributed by atoms with van der Waals surface area (Å²) in [4.78, 5) is 12.2. The first kappa shape index (κ1) is 14.9. The predicted octanol–water partition coefficient (Wildman–Crippen LogP) is 3.20. The van der Waals surface area contributed by atoms with Gasteiger partial charge in [-0.05, 0) is 49.2 Å². The summed E-state index contributed by atoms with van der Waals surface area (Å²) < 4.78 is 5.11. The Labute approximate surface area is 124 Å². The molecule has 21 heavy (non-hydrogen) atoms. The number of methoxy groups -OCH3 is 1. The Morgan fingerprint density at radius 3 is 2.43 bits per heavy atom. The van der Waals surface area contributed by atoms with Gasteiger partial charge in [-0.1, -0.05) is 18.2 Å². The van der Waals surface area contributed by atoms with E-state index in [1.54, 1.807) is 25.3 Å². The van der Waals surface area contributed by atoms with Crippen molar-refractivity contribution >= 4 is 5.91 Å². The first-order valence-corrected chi connectivity index (χ1v) is 6.75. The standard InChI is InChI=1S/C17H19NO3/c1-11-4-9-15(16(19)10-11)17(20)18-12(2)13-5-7-14(21-3)8-6-13/h4-10,12,19H,1-3H3,(H,18,20). The molecule has 0 bridgehead atoms. The predicted molar refractivity (Wildman–Crippen MR) is 81.7 cm³/mol. The zero-order valence-corrected chi connectivity index (χ0v) is 12.4. The van der Waals surface area contributed by atoms with E-state index in [1.165, 1.54) is 0 Å². The molecule has 0 heterocycles. The monoisotopic (exact) mass is 285 g/mol. The summed E-state index contributed by atoms with van der Waals surface area (Å²) in [5.74, 6) is 0.471. The molecule has 0 aliphatic carbocycles. The van der Waals surface area contributed by atoms with Crippen LogP contribution in [0.3, 0.4) is 0 Å². The van der Waals surface area contributed by atoms with Crippen molar-refractivity contribution in [1.82, 2.24) is 5.32 Å². The highest BCUT2D eigenvalue weighted by molar-refractivity contribution is 5.97. The number of aromatic hydroxyl groups is 1. The molecule has 0 spiro atoms. The fourth-order valence-electron chi connectivity index (χ4n) is 2.08. The van der Waals surface area contributed by atoms with Crippen LogP contribution in [0.15, 0.2) is 42.5 Å². The molecule has 2 N–H and O–H groups in total. The highest BCUT2D eigenvalue weighted by Gasteiger charge is 2.14. The molecular formula is C17H19NO3. The van der Waals surface area contributed by atoms with Crippen molar-refractivity contribution in [3.63, 3.8) is 0 Å². The van der Waals surface area contributed by atoms with Gasteiger partial charge in [0.05, 0.1) is 18.7 Å². The first-order chi connectivity index (χ1) is 10.0. The molecule has 0 aliphatic rings. The van der Waals surface area contributed by atoms with Gasteiger partial charge in [-0.25, -0.2) is 0 Å². The number of rotatable bonds is 4. The Morgan fingerprint density at radius 2 is 1.86 bits per heavy atom. The molecule has 0 fully saturated rings. The molecule has 0 radical (unpaired) electrons. The second kappa shape index (κ2) is 6.31. The van der Waals surface area contributed by atoms with E-state index in [-0.39, 0.29) is 23.3 Å². The number of ether oxygens (including phenoxy) is 1. The fraction of sp³-hybridized carbons (Fsp3) is 0.235. The van der Waals surface area contributed by atoms with Gasteiger partial charge in [0.1, 0.15) is 11.5 Å². The molecule has 1 atom stereocenters. The maximum atomic E-state index is 12.2. The van der Waals surface area contributed by atoms with Crippen molar-refractivity contribution in [3.8, 4) is 11.5 Å². The lowest BCUT2D eigenvalue weighted by Crippen LogP contribution is -2.26. The van der Waals surface area contributed by atoms with E-state index < -0.39 is 0 Å². The third-order valence-electron chi connectivity index (χ3n) is 3.36. The Hall–Kier alpha value is -2.49. The number of aryl methyl sites for hydroxylation is 1. The number of phenols is 1. The zero-order valence-electron chi connectivity index (χ0n) is 12.4. The number of benzene rings is 2. The minimum atomic E-state index is -0.296. The number of hydrogen-bond acceptors (Lipinski definition) is 3. The summed E-state index contributed by atoms with van der Waals surface area (Å²) in [5, 5.41) is 12.7. The van der Waals surface area contributed by atoms with Crippen molar-refractivity contribution in [3.05, 3.63) is 59.2 Å². The lowest BCUT2D eigenvalue weighted by atomic mass is 10.1. The minimum Gasteiger partial charge on any atom is -0.507 e. The summed E-state index contributed by atoms with van der Waals surface area (Å²) >= 11 is 0. The molecule has 0 aliphatic heterocycles. The second-order valence-electron chi connectivity index (χ2n) is 4.99. The van der Waals surface area contributed by atoms with E-state index in [4.69, 9.17) is 4.74 Å². The van der Waals surface area contributed by atoms with Crippen LogP contribution in [0.5, 0.6) is 11.5 Å². The van der Waals surface area contributed by atoms with E-state index in [2.05, 4.69) is 5.32 Å². The van der Waals surface area contributed by atoms with Crippen molar-refractivity contribution in [2.45, 2.75) is 19.9 Å². The number of nitrogens with one attached hydrogen (secondary N) is 1. The Bertz CT molecular complexity index is 635. The molecule has 0 aromatic heterocycles. The molecule has 2 aromatic carbocycles. The molecule has 0 saturated carbocycles. The molecule has 110 valence electrons. The van der Waals surface area contributed by atoms with Crippen LogP contribution in [-0.2, 0) is 0 Å². The van der Waals surface area contributed by atoms with Crippen LogP contribution in [0.25, 0.3) is 0 Å². The van der Waals surface area contributed by atoms with Crippen molar-refractivity contribution in [1.29, 1.82) is 0 Å². The van der Waals surface area contributed by atoms with E-state index in [0.717, 1.165) is 16.9 Å².